The third kappa shape index (κ3) is 4.32. The van der Waals surface area contributed by atoms with E-state index in [1.807, 2.05) is 12.1 Å². The van der Waals surface area contributed by atoms with Crippen molar-refractivity contribution in [2.24, 2.45) is 4.40 Å². The molecule has 0 N–H and O–H groups in total. The summed E-state index contributed by atoms with van der Waals surface area (Å²) in [5.74, 6) is 0.399. The molecular weight excluding hydrogens is 404 g/mol. The standard InChI is InChI=1S/C18H16N2O4S3/c1-3-10-20-17(21)15(12-13-6-8-14(24-2)9-7-13)26-18(20)19-27(22,23)16-5-4-11-25-16/h3-9,11-12H,1,10H2,2H3/b15-12-,19-18+. The van der Waals surface area contributed by atoms with Crippen LogP contribution in [0.4, 0.5) is 0 Å². The van der Waals surface area contributed by atoms with E-state index >= 15 is 0 Å². The van der Waals surface area contributed by atoms with Gasteiger partial charge < -0.3 is 4.74 Å². The van der Waals surface area contributed by atoms with Gasteiger partial charge in [0.05, 0.1) is 12.0 Å². The van der Waals surface area contributed by atoms with E-state index in [0.29, 0.717) is 10.7 Å². The number of thioether (sulfide) groups is 1. The van der Waals surface area contributed by atoms with E-state index in [1.54, 1.807) is 36.8 Å². The number of thiophene rings is 1. The van der Waals surface area contributed by atoms with Crippen molar-refractivity contribution in [1.82, 2.24) is 4.90 Å². The summed E-state index contributed by atoms with van der Waals surface area (Å²) in [6.07, 6.45) is 3.23. The molecule has 0 radical (unpaired) electrons. The SMILES string of the molecule is C=CCN1C(=O)/C(=C/c2ccc(OC)cc2)S/C1=N/S(=O)(=O)c1cccs1. The molecule has 2 aromatic rings. The second-order valence-corrected chi connectivity index (χ2v) is 9.16. The normalized spacial score (nSPS) is 17.7. The molecule has 0 atom stereocenters. The molecule has 3 rings (SSSR count). The number of nitrogens with zero attached hydrogens (tertiary/aromatic N) is 2. The lowest BCUT2D eigenvalue weighted by Gasteiger charge is -2.12. The molecule has 0 unspecified atom stereocenters. The van der Waals surface area contributed by atoms with Gasteiger partial charge in [-0.05, 0) is 47.0 Å². The summed E-state index contributed by atoms with van der Waals surface area (Å²) in [4.78, 5) is 14.4. The number of carbonyl (C=O) groups excluding carboxylic acids is 1. The number of rotatable bonds is 6. The fourth-order valence-electron chi connectivity index (χ4n) is 2.28. The average molecular weight is 421 g/mol. The molecule has 0 bridgehead atoms. The van der Waals surface area contributed by atoms with Crippen LogP contribution < -0.4 is 4.74 Å². The maximum Gasteiger partial charge on any atom is 0.294 e. The summed E-state index contributed by atoms with van der Waals surface area (Å²) in [6, 6.07) is 10.3. The Morgan fingerprint density at radius 2 is 2.00 bits per heavy atom. The maximum absolute atomic E-state index is 12.7. The number of amidine groups is 1. The highest BCUT2D eigenvalue weighted by molar-refractivity contribution is 8.19. The van der Waals surface area contributed by atoms with Crippen molar-refractivity contribution in [3.8, 4) is 5.75 Å². The Labute approximate surface area is 165 Å². The van der Waals surface area contributed by atoms with Crippen LogP contribution in [0.5, 0.6) is 5.75 Å². The van der Waals surface area contributed by atoms with Gasteiger partial charge in [0.1, 0.15) is 9.96 Å². The fourth-order valence-corrected chi connectivity index (χ4v) is 5.43. The van der Waals surface area contributed by atoms with E-state index in [0.717, 1.165) is 28.7 Å². The summed E-state index contributed by atoms with van der Waals surface area (Å²) in [7, 11) is -2.29. The number of benzene rings is 1. The van der Waals surface area contributed by atoms with Crippen molar-refractivity contribution in [1.29, 1.82) is 0 Å². The lowest BCUT2D eigenvalue weighted by molar-refractivity contribution is -0.121. The van der Waals surface area contributed by atoms with Crippen LogP contribution in [-0.4, -0.2) is 38.0 Å². The molecule has 1 fully saturated rings. The molecule has 6 nitrogen and oxygen atoms in total. The molecule has 1 aliphatic rings. The Bertz CT molecular complexity index is 1010. The third-order valence-electron chi connectivity index (χ3n) is 3.56. The molecule has 0 aliphatic carbocycles. The molecule has 9 heteroatoms. The number of carbonyl (C=O) groups is 1. The van der Waals surface area contributed by atoms with Gasteiger partial charge in [0.25, 0.3) is 15.9 Å². The van der Waals surface area contributed by atoms with Crippen LogP contribution in [0, 0.1) is 0 Å². The number of hydrogen-bond donors (Lipinski definition) is 0. The molecule has 140 valence electrons. The van der Waals surface area contributed by atoms with Gasteiger partial charge in [-0.15, -0.1) is 22.3 Å². The Morgan fingerprint density at radius 3 is 2.59 bits per heavy atom. The van der Waals surface area contributed by atoms with Crippen LogP contribution in [0.1, 0.15) is 5.56 Å². The van der Waals surface area contributed by atoms with Gasteiger partial charge in [0, 0.05) is 6.54 Å². The lowest BCUT2D eigenvalue weighted by Crippen LogP contribution is -2.29. The zero-order valence-corrected chi connectivity index (χ0v) is 16.8. The van der Waals surface area contributed by atoms with E-state index in [4.69, 9.17) is 4.74 Å². The Kier molecular flexibility index (Phi) is 5.83. The van der Waals surface area contributed by atoms with Crippen molar-refractivity contribution >= 4 is 50.3 Å². The van der Waals surface area contributed by atoms with Crippen molar-refractivity contribution in [3.05, 3.63) is 64.9 Å². The molecular formula is C18H16N2O4S3. The maximum atomic E-state index is 12.7. The van der Waals surface area contributed by atoms with Crippen LogP contribution in [0.2, 0.25) is 0 Å². The van der Waals surface area contributed by atoms with Gasteiger partial charge in [-0.2, -0.15) is 8.42 Å². The Hall–Kier alpha value is -2.36. The largest absolute Gasteiger partial charge is 0.497 e. The van der Waals surface area contributed by atoms with E-state index in [9.17, 15) is 13.2 Å². The monoisotopic (exact) mass is 420 g/mol. The Balaban J connectivity index is 1.95. The van der Waals surface area contributed by atoms with Crippen LogP contribution in [0.15, 0.2) is 67.9 Å². The number of methoxy groups -OCH3 is 1. The molecule has 1 aromatic carbocycles. The molecule has 1 aromatic heterocycles. The van der Waals surface area contributed by atoms with Crippen molar-refractivity contribution in [2.75, 3.05) is 13.7 Å². The van der Waals surface area contributed by atoms with Crippen LogP contribution in [-0.2, 0) is 14.8 Å². The Morgan fingerprint density at radius 1 is 1.26 bits per heavy atom. The van der Waals surface area contributed by atoms with Crippen molar-refractivity contribution < 1.29 is 17.9 Å². The van der Waals surface area contributed by atoms with Gasteiger partial charge in [-0.3, -0.25) is 9.69 Å². The quantitative estimate of drug-likeness (QED) is 0.527. The minimum Gasteiger partial charge on any atom is -0.497 e. The first-order valence-electron chi connectivity index (χ1n) is 7.79. The summed E-state index contributed by atoms with van der Waals surface area (Å²) >= 11 is 2.11. The first kappa shape index (κ1) is 19.4. The first-order chi connectivity index (χ1) is 12.9. The van der Waals surface area contributed by atoms with Gasteiger partial charge in [-0.1, -0.05) is 24.3 Å². The molecule has 2 heterocycles. The zero-order valence-electron chi connectivity index (χ0n) is 14.4. The minimum absolute atomic E-state index is 0.119. The number of sulfonamides is 1. The van der Waals surface area contributed by atoms with E-state index < -0.39 is 10.0 Å². The van der Waals surface area contributed by atoms with Gasteiger partial charge in [0.2, 0.25) is 0 Å². The van der Waals surface area contributed by atoms with Crippen LogP contribution in [0.3, 0.4) is 0 Å². The second-order valence-electron chi connectivity index (χ2n) is 5.37. The third-order valence-corrected chi connectivity index (χ3v) is 7.32. The fraction of sp³-hybridized carbons (Fsp3) is 0.111. The predicted octanol–water partition coefficient (Wildman–Crippen LogP) is 3.60. The first-order valence-corrected chi connectivity index (χ1v) is 10.9. The summed E-state index contributed by atoms with van der Waals surface area (Å²) in [6.45, 7) is 3.80. The summed E-state index contributed by atoms with van der Waals surface area (Å²) < 4.78 is 34.0. The van der Waals surface area contributed by atoms with E-state index in [1.165, 1.54) is 17.0 Å². The topological polar surface area (TPSA) is 76.0 Å². The van der Waals surface area contributed by atoms with Gasteiger partial charge in [0.15, 0.2) is 5.17 Å². The summed E-state index contributed by atoms with van der Waals surface area (Å²) in [5, 5.41) is 1.78. The van der Waals surface area contributed by atoms with Crippen LogP contribution in [0.25, 0.3) is 6.08 Å². The van der Waals surface area contributed by atoms with E-state index in [2.05, 4.69) is 11.0 Å². The van der Waals surface area contributed by atoms with E-state index in [-0.39, 0.29) is 21.8 Å². The zero-order chi connectivity index (χ0) is 19.4. The van der Waals surface area contributed by atoms with Crippen LogP contribution >= 0.6 is 23.1 Å². The van der Waals surface area contributed by atoms with Gasteiger partial charge >= 0.3 is 0 Å². The summed E-state index contributed by atoms with van der Waals surface area (Å²) in [5.41, 5.74) is 0.799. The highest BCUT2D eigenvalue weighted by atomic mass is 32.2. The molecule has 27 heavy (non-hydrogen) atoms. The molecule has 1 aliphatic heterocycles. The smallest absolute Gasteiger partial charge is 0.294 e. The lowest BCUT2D eigenvalue weighted by atomic mass is 10.2. The number of ether oxygens (including phenoxy) is 1. The average Bonchev–Trinajstić information content (AvgIpc) is 3.28. The molecule has 1 amide bonds. The molecule has 1 saturated heterocycles. The highest BCUT2D eigenvalue weighted by Crippen LogP contribution is 2.34. The van der Waals surface area contributed by atoms with Crippen molar-refractivity contribution in [2.45, 2.75) is 4.21 Å². The number of amides is 1. The van der Waals surface area contributed by atoms with Crippen molar-refractivity contribution in [3.63, 3.8) is 0 Å². The minimum atomic E-state index is -3.87. The second kappa shape index (κ2) is 8.12. The van der Waals surface area contributed by atoms with Gasteiger partial charge in [-0.25, -0.2) is 0 Å². The molecule has 0 spiro atoms. The number of hydrogen-bond acceptors (Lipinski definition) is 6. The predicted molar refractivity (Wildman–Crippen MR) is 109 cm³/mol. The molecule has 0 saturated carbocycles. The highest BCUT2D eigenvalue weighted by Gasteiger charge is 2.34.